The second-order valence-electron chi connectivity index (χ2n) is 5.06. The molecule has 2 atom stereocenters. The number of ether oxygens (including phenoxy) is 1. The minimum absolute atomic E-state index is 0.0206. The van der Waals surface area contributed by atoms with E-state index in [-0.39, 0.29) is 5.75 Å². The number of fused-ring (bicyclic) bond motifs is 1. The number of benzene rings is 1. The van der Waals surface area contributed by atoms with Crippen LogP contribution in [0, 0.1) is 5.92 Å². The number of aliphatic carboxylic acids is 1. The molecule has 1 aromatic carbocycles. The molecule has 1 aliphatic carbocycles. The highest BCUT2D eigenvalue weighted by atomic mass is 32.2. The summed E-state index contributed by atoms with van der Waals surface area (Å²) in [7, 11) is 1.62. The topological polar surface area (TPSA) is 64.3 Å². The molecule has 0 amide bonds. The molecule has 106 valence electrons. The molecule has 0 bridgehead atoms. The largest absolute Gasteiger partial charge is 0.494 e. The van der Waals surface area contributed by atoms with Gasteiger partial charge in [0.25, 0.3) is 0 Å². The number of carboxylic acids is 1. The van der Waals surface area contributed by atoms with E-state index in [0.29, 0.717) is 12.0 Å². The Balaban J connectivity index is 2.09. The van der Waals surface area contributed by atoms with Crippen molar-refractivity contribution in [1.82, 2.24) is 9.55 Å². The molecule has 1 fully saturated rings. The van der Waals surface area contributed by atoms with Crippen molar-refractivity contribution in [3.8, 4) is 5.75 Å². The summed E-state index contributed by atoms with van der Waals surface area (Å²) in [5, 5.41) is 9.63. The van der Waals surface area contributed by atoms with Crippen LogP contribution in [-0.2, 0) is 4.79 Å². The lowest BCUT2D eigenvalue weighted by molar-refractivity contribution is -0.133. The van der Waals surface area contributed by atoms with E-state index in [1.54, 1.807) is 7.11 Å². The van der Waals surface area contributed by atoms with Gasteiger partial charge in [-0.25, -0.2) is 4.98 Å². The lowest BCUT2D eigenvalue weighted by Crippen LogP contribution is -2.02. The number of hydrogen-bond donors (Lipinski definition) is 1. The van der Waals surface area contributed by atoms with E-state index in [0.717, 1.165) is 28.4 Å². The normalized spacial score (nSPS) is 21.1. The number of rotatable bonds is 5. The van der Waals surface area contributed by atoms with Gasteiger partial charge < -0.3 is 14.4 Å². The fraction of sp³-hybridized carbons (Fsp3) is 0.429. The maximum Gasteiger partial charge on any atom is 0.313 e. The van der Waals surface area contributed by atoms with E-state index in [1.165, 1.54) is 11.8 Å². The van der Waals surface area contributed by atoms with E-state index >= 15 is 0 Å². The van der Waals surface area contributed by atoms with Crippen LogP contribution in [0.1, 0.15) is 19.4 Å². The fourth-order valence-electron chi connectivity index (χ4n) is 2.45. The number of imidazole rings is 1. The van der Waals surface area contributed by atoms with Crippen molar-refractivity contribution >= 4 is 28.8 Å². The Labute approximate surface area is 120 Å². The SMILES string of the molecule is COc1cccc2c1nc(SCC(=O)O)n2C1CC1C. The van der Waals surface area contributed by atoms with E-state index in [9.17, 15) is 4.79 Å². The molecule has 2 aromatic rings. The van der Waals surface area contributed by atoms with Gasteiger partial charge in [0.05, 0.1) is 18.4 Å². The minimum Gasteiger partial charge on any atom is -0.494 e. The summed E-state index contributed by atoms with van der Waals surface area (Å²) >= 11 is 1.27. The summed E-state index contributed by atoms with van der Waals surface area (Å²) in [5.41, 5.74) is 1.83. The first kappa shape index (κ1) is 13.3. The highest BCUT2D eigenvalue weighted by Crippen LogP contribution is 2.47. The van der Waals surface area contributed by atoms with Gasteiger partial charge in [0.2, 0.25) is 0 Å². The Hall–Kier alpha value is -1.69. The Morgan fingerprint density at radius 1 is 1.60 bits per heavy atom. The highest BCUT2D eigenvalue weighted by Gasteiger charge is 2.37. The van der Waals surface area contributed by atoms with Crippen LogP contribution in [0.2, 0.25) is 0 Å². The molecule has 0 aliphatic heterocycles. The molecular formula is C14H16N2O3S. The molecule has 20 heavy (non-hydrogen) atoms. The maximum absolute atomic E-state index is 10.8. The molecule has 3 rings (SSSR count). The molecular weight excluding hydrogens is 276 g/mol. The molecule has 0 spiro atoms. The second kappa shape index (κ2) is 5.01. The van der Waals surface area contributed by atoms with Crippen LogP contribution < -0.4 is 4.74 Å². The van der Waals surface area contributed by atoms with Gasteiger partial charge in [0, 0.05) is 6.04 Å². The summed E-state index contributed by atoms with van der Waals surface area (Å²) in [5.74, 6) is 0.533. The molecule has 1 N–H and O–H groups in total. The van der Waals surface area contributed by atoms with Crippen LogP contribution >= 0.6 is 11.8 Å². The van der Waals surface area contributed by atoms with Crippen LogP contribution in [0.25, 0.3) is 11.0 Å². The Bertz CT molecular complexity index is 668. The van der Waals surface area contributed by atoms with Gasteiger partial charge >= 0.3 is 5.97 Å². The van der Waals surface area contributed by atoms with Crippen molar-refractivity contribution < 1.29 is 14.6 Å². The van der Waals surface area contributed by atoms with Crippen LogP contribution in [0.4, 0.5) is 0 Å². The zero-order chi connectivity index (χ0) is 14.3. The van der Waals surface area contributed by atoms with Gasteiger partial charge in [0.15, 0.2) is 5.16 Å². The van der Waals surface area contributed by atoms with Gasteiger partial charge in [-0.1, -0.05) is 24.8 Å². The minimum atomic E-state index is -0.829. The van der Waals surface area contributed by atoms with Crippen molar-refractivity contribution in [2.24, 2.45) is 5.92 Å². The average Bonchev–Trinajstić information content (AvgIpc) is 3.01. The number of para-hydroxylation sites is 1. The zero-order valence-electron chi connectivity index (χ0n) is 11.4. The number of hydrogen-bond acceptors (Lipinski definition) is 4. The predicted molar refractivity (Wildman–Crippen MR) is 77.5 cm³/mol. The third-order valence-electron chi connectivity index (χ3n) is 3.59. The van der Waals surface area contributed by atoms with Gasteiger partial charge in [-0.3, -0.25) is 4.79 Å². The third-order valence-corrected chi connectivity index (χ3v) is 4.53. The number of carboxylic acid groups (broad SMARTS) is 1. The molecule has 1 saturated carbocycles. The molecule has 2 unspecified atom stereocenters. The van der Waals surface area contributed by atoms with Crippen molar-refractivity contribution in [3.05, 3.63) is 18.2 Å². The number of thioether (sulfide) groups is 1. The standard InChI is InChI=1S/C14H16N2O3S/c1-8-6-10(8)16-9-4-3-5-11(19-2)13(9)15-14(16)20-7-12(17)18/h3-5,8,10H,6-7H2,1-2H3,(H,17,18). The van der Waals surface area contributed by atoms with Gasteiger partial charge in [0.1, 0.15) is 11.3 Å². The fourth-order valence-corrected chi connectivity index (χ4v) is 3.23. The number of nitrogens with zero attached hydrogens (tertiary/aromatic N) is 2. The monoisotopic (exact) mass is 292 g/mol. The molecule has 0 saturated heterocycles. The lowest BCUT2D eigenvalue weighted by Gasteiger charge is -2.07. The summed E-state index contributed by atoms with van der Waals surface area (Å²) in [6, 6.07) is 6.25. The number of methoxy groups -OCH3 is 1. The zero-order valence-corrected chi connectivity index (χ0v) is 12.2. The molecule has 5 nitrogen and oxygen atoms in total. The molecule has 0 radical (unpaired) electrons. The van der Waals surface area contributed by atoms with E-state index in [4.69, 9.17) is 9.84 Å². The quantitative estimate of drug-likeness (QED) is 0.858. The summed E-state index contributed by atoms with van der Waals surface area (Å²) in [6.45, 7) is 2.20. The van der Waals surface area contributed by atoms with Crippen LogP contribution in [0.5, 0.6) is 5.75 Å². The van der Waals surface area contributed by atoms with Gasteiger partial charge in [-0.05, 0) is 24.5 Å². The molecule has 1 heterocycles. The van der Waals surface area contributed by atoms with Crippen LogP contribution in [0.3, 0.4) is 0 Å². The van der Waals surface area contributed by atoms with Crippen molar-refractivity contribution in [2.75, 3.05) is 12.9 Å². The van der Waals surface area contributed by atoms with Gasteiger partial charge in [-0.2, -0.15) is 0 Å². The average molecular weight is 292 g/mol. The number of aromatic nitrogens is 2. The van der Waals surface area contributed by atoms with Crippen molar-refractivity contribution in [1.29, 1.82) is 0 Å². The van der Waals surface area contributed by atoms with Crippen LogP contribution in [0.15, 0.2) is 23.4 Å². The Kier molecular flexibility index (Phi) is 3.33. The summed E-state index contributed by atoms with van der Waals surface area (Å²) in [6.07, 6.45) is 1.11. The molecule has 1 aromatic heterocycles. The van der Waals surface area contributed by atoms with Crippen molar-refractivity contribution in [3.63, 3.8) is 0 Å². The summed E-state index contributed by atoms with van der Waals surface area (Å²) in [4.78, 5) is 15.4. The molecule has 1 aliphatic rings. The predicted octanol–water partition coefficient (Wildman–Crippen LogP) is 2.80. The number of carbonyl (C=O) groups is 1. The highest BCUT2D eigenvalue weighted by molar-refractivity contribution is 7.99. The first-order chi connectivity index (χ1) is 9.61. The third kappa shape index (κ3) is 2.24. The maximum atomic E-state index is 10.8. The smallest absolute Gasteiger partial charge is 0.313 e. The van der Waals surface area contributed by atoms with E-state index in [2.05, 4.69) is 16.5 Å². The first-order valence-electron chi connectivity index (χ1n) is 6.51. The van der Waals surface area contributed by atoms with Gasteiger partial charge in [-0.15, -0.1) is 0 Å². The van der Waals surface area contributed by atoms with Crippen LogP contribution in [-0.4, -0.2) is 33.5 Å². The lowest BCUT2D eigenvalue weighted by atomic mass is 10.3. The Morgan fingerprint density at radius 2 is 2.35 bits per heavy atom. The van der Waals surface area contributed by atoms with E-state index < -0.39 is 5.97 Å². The Morgan fingerprint density at radius 3 is 2.95 bits per heavy atom. The molecule has 6 heteroatoms. The second-order valence-corrected chi connectivity index (χ2v) is 6.00. The van der Waals surface area contributed by atoms with Crippen molar-refractivity contribution in [2.45, 2.75) is 24.5 Å². The van der Waals surface area contributed by atoms with E-state index in [1.807, 2.05) is 18.2 Å². The summed E-state index contributed by atoms with van der Waals surface area (Å²) < 4.78 is 7.51. The first-order valence-corrected chi connectivity index (χ1v) is 7.50.